The molecule has 0 aliphatic heterocycles. The van der Waals surface area contributed by atoms with Crippen molar-refractivity contribution in [2.45, 2.75) is 0 Å². The zero-order chi connectivity index (χ0) is 15.5. The number of aromatic nitrogens is 1. The van der Waals surface area contributed by atoms with Crippen LogP contribution in [0.15, 0.2) is 46.4 Å². The first-order valence-corrected chi connectivity index (χ1v) is 7.87. The summed E-state index contributed by atoms with van der Waals surface area (Å²) in [6, 6.07) is 10.9. The van der Waals surface area contributed by atoms with E-state index in [1.807, 2.05) is 11.4 Å². The third kappa shape index (κ3) is 3.07. The number of furan rings is 1. The Morgan fingerprint density at radius 2 is 2.18 bits per heavy atom. The summed E-state index contributed by atoms with van der Waals surface area (Å²) in [6.45, 7) is 0. The summed E-state index contributed by atoms with van der Waals surface area (Å²) in [5.74, 6) is 0.609. The predicted octanol–water partition coefficient (Wildman–Crippen LogP) is 5.77. The van der Waals surface area contributed by atoms with Gasteiger partial charge in [0, 0.05) is 22.0 Å². The molecular formula is C16H8Cl2N2OS. The van der Waals surface area contributed by atoms with Gasteiger partial charge in [-0.2, -0.15) is 5.26 Å². The lowest BCUT2D eigenvalue weighted by molar-refractivity contribution is 0.557. The monoisotopic (exact) mass is 346 g/mol. The highest BCUT2D eigenvalue weighted by Gasteiger charge is 2.12. The highest BCUT2D eigenvalue weighted by molar-refractivity contribution is 7.11. The Kier molecular flexibility index (Phi) is 4.30. The molecule has 0 atom stereocenters. The van der Waals surface area contributed by atoms with Gasteiger partial charge in [0.15, 0.2) is 0 Å². The van der Waals surface area contributed by atoms with Crippen LogP contribution in [0.2, 0.25) is 10.0 Å². The number of thiazole rings is 1. The molecule has 0 radical (unpaired) electrons. The second-order valence-corrected chi connectivity index (χ2v) is 6.05. The Hall–Kier alpha value is -2.06. The van der Waals surface area contributed by atoms with Gasteiger partial charge in [-0.15, -0.1) is 11.3 Å². The summed E-state index contributed by atoms with van der Waals surface area (Å²) in [6.07, 6.45) is 3.22. The van der Waals surface area contributed by atoms with Gasteiger partial charge in [0.2, 0.25) is 0 Å². The highest BCUT2D eigenvalue weighted by atomic mass is 35.5. The second kappa shape index (κ2) is 6.37. The zero-order valence-electron chi connectivity index (χ0n) is 11.1. The molecule has 1 aromatic carbocycles. The molecule has 3 rings (SSSR count). The highest BCUT2D eigenvalue weighted by Crippen LogP contribution is 2.32. The van der Waals surface area contributed by atoms with Crippen LogP contribution >= 0.6 is 34.5 Å². The molecule has 0 aliphatic carbocycles. The van der Waals surface area contributed by atoms with Gasteiger partial charge in [0.25, 0.3) is 0 Å². The van der Waals surface area contributed by atoms with E-state index in [1.54, 1.807) is 36.6 Å². The van der Waals surface area contributed by atoms with Gasteiger partial charge >= 0.3 is 0 Å². The van der Waals surface area contributed by atoms with Crippen LogP contribution in [-0.4, -0.2) is 4.98 Å². The first kappa shape index (κ1) is 14.9. The van der Waals surface area contributed by atoms with Crippen molar-refractivity contribution in [3.63, 3.8) is 0 Å². The molecule has 0 amide bonds. The number of allylic oxidation sites excluding steroid dienone is 1. The molecule has 3 aromatic rings. The third-order valence-corrected chi connectivity index (χ3v) is 4.32. The van der Waals surface area contributed by atoms with Gasteiger partial charge in [-0.3, -0.25) is 0 Å². The fraction of sp³-hybridized carbons (Fsp3) is 0. The molecule has 0 saturated carbocycles. The lowest BCUT2D eigenvalue weighted by Crippen LogP contribution is -1.83. The minimum atomic E-state index is 0.441. The van der Waals surface area contributed by atoms with Crippen LogP contribution in [0.4, 0.5) is 0 Å². The van der Waals surface area contributed by atoms with E-state index in [0.717, 1.165) is 5.56 Å². The van der Waals surface area contributed by atoms with E-state index in [2.05, 4.69) is 11.1 Å². The number of nitrogens with zero attached hydrogens (tertiary/aromatic N) is 2. The van der Waals surface area contributed by atoms with Crippen LogP contribution in [0, 0.1) is 11.3 Å². The maximum Gasteiger partial charge on any atom is 0.134 e. The zero-order valence-corrected chi connectivity index (χ0v) is 13.4. The minimum absolute atomic E-state index is 0.441. The molecule has 0 aliphatic rings. The fourth-order valence-corrected chi connectivity index (χ4v) is 3.17. The predicted molar refractivity (Wildman–Crippen MR) is 89.8 cm³/mol. The number of hydrogen-bond acceptors (Lipinski definition) is 4. The summed E-state index contributed by atoms with van der Waals surface area (Å²) in [7, 11) is 0. The minimum Gasteiger partial charge on any atom is -0.465 e. The summed E-state index contributed by atoms with van der Waals surface area (Å²) in [4.78, 5) is 4.48. The van der Waals surface area contributed by atoms with E-state index in [0.29, 0.717) is 32.1 Å². The Bertz CT molecular complexity index is 876. The third-order valence-electron chi connectivity index (χ3n) is 2.89. The molecule has 0 unspecified atom stereocenters. The van der Waals surface area contributed by atoms with Crippen molar-refractivity contribution in [1.29, 1.82) is 5.26 Å². The van der Waals surface area contributed by atoms with Gasteiger partial charge in [-0.1, -0.05) is 23.2 Å². The number of rotatable bonds is 3. The molecule has 0 spiro atoms. The van der Waals surface area contributed by atoms with E-state index in [9.17, 15) is 5.26 Å². The molecule has 22 heavy (non-hydrogen) atoms. The van der Waals surface area contributed by atoms with Crippen LogP contribution in [0.25, 0.3) is 22.9 Å². The van der Waals surface area contributed by atoms with Crippen molar-refractivity contribution >= 4 is 46.2 Å². The molecular weight excluding hydrogens is 339 g/mol. The summed E-state index contributed by atoms with van der Waals surface area (Å²) in [5.41, 5.74) is 1.93. The summed E-state index contributed by atoms with van der Waals surface area (Å²) in [5, 5.41) is 12.9. The summed E-state index contributed by atoms with van der Waals surface area (Å²) >= 11 is 13.5. The van der Waals surface area contributed by atoms with Gasteiger partial charge in [-0.25, -0.2) is 4.98 Å². The van der Waals surface area contributed by atoms with Crippen molar-refractivity contribution < 1.29 is 4.42 Å². The molecule has 0 saturated heterocycles. The van der Waals surface area contributed by atoms with Gasteiger partial charge < -0.3 is 4.42 Å². The van der Waals surface area contributed by atoms with E-state index < -0.39 is 0 Å². The van der Waals surface area contributed by atoms with Crippen molar-refractivity contribution in [2.24, 2.45) is 0 Å². The Labute approximate surface area is 141 Å². The maximum absolute atomic E-state index is 9.31. The largest absolute Gasteiger partial charge is 0.465 e. The van der Waals surface area contributed by atoms with Crippen LogP contribution < -0.4 is 0 Å². The molecule has 0 fully saturated rings. The molecule has 108 valence electrons. The van der Waals surface area contributed by atoms with Gasteiger partial charge in [0.1, 0.15) is 16.8 Å². The Morgan fingerprint density at radius 1 is 1.32 bits per heavy atom. The van der Waals surface area contributed by atoms with Crippen molar-refractivity contribution in [3.8, 4) is 17.3 Å². The van der Waals surface area contributed by atoms with E-state index in [4.69, 9.17) is 27.6 Å². The quantitative estimate of drug-likeness (QED) is 0.565. The van der Waals surface area contributed by atoms with Crippen LogP contribution in [0.5, 0.6) is 0 Å². The number of nitriles is 1. The molecule has 2 aromatic heterocycles. The molecule has 3 nitrogen and oxygen atoms in total. The number of hydrogen-bond donors (Lipinski definition) is 0. The Balaban J connectivity index is 1.98. The van der Waals surface area contributed by atoms with E-state index in [-0.39, 0.29) is 0 Å². The molecule has 0 N–H and O–H groups in total. The van der Waals surface area contributed by atoms with Gasteiger partial charge in [-0.05, 0) is 30.3 Å². The Morgan fingerprint density at radius 3 is 2.86 bits per heavy atom. The SMILES string of the molecule is N#C/C(=C/c1ccco1)c1nc(-c2ccc(Cl)cc2Cl)cs1. The van der Waals surface area contributed by atoms with Crippen molar-refractivity contribution in [1.82, 2.24) is 4.98 Å². The van der Waals surface area contributed by atoms with Crippen LogP contribution in [0.3, 0.4) is 0 Å². The topological polar surface area (TPSA) is 49.8 Å². The molecule has 2 heterocycles. The normalized spacial score (nSPS) is 11.4. The number of benzene rings is 1. The van der Waals surface area contributed by atoms with Crippen molar-refractivity contribution in [2.75, 3.05) is 0 Å². The average Bonchev–Trinajstić information content (AvgIpc) is 3.16. The van der Waals surface area contributed by atoms with Crippen molar-refractivity contribution in [3.05, 3.63) is 62.8 Å². The molecule has 0 bridgehead atoms. The van der Waals surface area contributed by atoms with E-state index >= 15 is 0 Å². The lowest BCUT2D eigenvalue weighted by atomic mass is 10.2. The standard InChI is InChI=1S/C16H8Cl2N2OS/c17-11-3-4-13(14(18)7-11)15-9-22-16(20-15)10(8-19)6-12-2-1-5-21-12/h1-7,9H/b10-6-. The van der Waals surface area contributed by atoms with Crippen LogP contribution in [0.1, 0.15) is 10.8 Å². The molecule has 6 heteroatoms. The number of halogens is 2. The van der Waals surface area contributed by atoms with Crippen LogP contribution in [-0.2, 0) is 0 Å². The lowest BCUT2D eigenvalue weighted by Gasteiger charge is -2.00. The smallest absolute Gasteiger partial charge is 0.134 e. The summed E-state index contributed by atoms with van der Waals surface area (Å²) < 4.78 is 5.22. The van der Waals surface area contributed by atoms with E-state index in [1.165, 1.54) is 11.3 Å². The first-order chi connectivity index (χ1) is 10.7. The first-order valence-electron chi connectivity index (χ1n) is 6.24. The average molecular weight is 347 g/mol. The van der Waals surface area contributed by atoms with Gasteiger partial charge in [0.05, 0.1) is 22.6 Å². The second-order valence-electron chi connectivity index (χ2n) is 4.35. The fourth-order valence-electron chi connectivity index (χ4n) is 1.88. The maximum atomic E-state index is 9.31.